The zero-order valence-electron chi connectivity index (χ0n) is 12.6. The topological polar surface area (TPSA) is 21.3 Å². The Morgan fingerprint density at radius 3 is 2.43 bits per heavy atom. The first-order valence-corrected chi connectivity index (χ1v) is 8.07. The quantitative estimate of drug-likeness (QED) is 0.897. The van der Waals surface area contributed by atoms with E-state index >= 15 is 0 Å². The molecule has 2 unspecified atom stereocenters. The van der Waals surface area contributed by atoms with Crippen LogP contribution in [0.2, 0.25) is 0 Å². The maximum atomic E-state index is 13.0. The fourth-order valence-electron chi connectivity index (χ4n) is 3.14. The van der Waals surface area contributed by atoms with E-state index in [-0.39, 0.29) is 5.92 Å². The van der Waals surface area contributed by atoms with Gasteiger partial charge >= 0.3 is 6.18 Å². The third-order valence-corrected chi connectivity index (χ3v) is 5.19. The molecule has 0 saturated carbocycles. The molecule has 2 nitrogen and oxygen atoms in total. The fourth-order valence-corrected chi connectivity index (χ4v) is 4.24. The molecule has 1 aromatic rings. The Morgan fingerprint density at radius 2 is 1.90 bits per heavy atom. The van der Waals surface area contributed by atoms with Crippen molar-refractivity contribution in [3.63, 3.8) is 0 Å². The Balaban J connectivity index is 2.29. The van der Waals surface area contributed by atoms with Crippen molar-refractivity contribution in [2.75, 3.05) is 13.7 Å². The van der Waals surface area contributed by atoms with Crippen LogP contribution in [0.25, 0.3) is 0 Å². The number of piperidine rings is 1. The van der Waals surface area contributed by atoms with Crippen molar-refractivity contribution >= 4 is 11.3 Å². The van der Waals surface area contributed by atoms with E-state index < -0.39 is 11.1 Å². The van der Waals surface area contributed by atoms with E-state index in [2.05, 4.69) is 19.2 Å². The molecule has 2 heterocycles. The molecule has 0 spiro atoms. The normalized spacial score (nSPS) is 27.0. The molecular weight excluding hydrogens is 299 g/mol. The molecule has 0 aliphatic carbocycles. The fraction of sp³-hybridized carbons (Fsp3) is 0.733. The predicted molar refractivity (Wildman–Crippen MR) is 78.9 cm³/mol. The van der Waals surface area contributed by atoms with Crippen LogP contribution in [0.15, 0.2) is 6.07 Å². The van der Waals surface area contributed by atoms with Gasteiger partial charge in [0.05, 0.1) is 6.61 Å². The van der Waals surface area contributed by atoms with E-state index in [9.17, 15) is 13.2 Å². The Bertz CT molecular complexity index is 462. The van der Waals surface area contributed by atoms with Gasteiger partial charge < -0.3 is 10.1 Å². The van der Waals surface area contributed by atoms with Crippen LogP contribution in [0.1, 0.15) is 47.9 Å². The number of alkyl halides is 3. The highest BCUT2D eigenvalue weighted by Crippen LogP contribution is 2.42. The lowest BCUT2D eigenvalue weighted by Crippen LogP contribution is -2.41. The number of hydrogen-bond acceptors (Lipinski definition) is 3. The molecule has 1 aliphatic rings. The van der Waals surface area contributed by atoms with Crippen LogP contribution < -0.4 is 5.32 Å². The zero-order valence-corrected chi connectivity index (χ0v) is 13.4. The van der Waals surface area contributed by atoms with E-state index in [1.807, 2.05) is 0 Å². The molecule has 1 fully saturated rings. The minimum atomic E-state index is -4.26. The maximum absolute atomic E-state index is 13.0. The Labute approximate surface area is 127 Å². The molecule has 0 amide bonds. The third-order valence-electron chi connectivity index (χ3n) is 3.94. The molecule has 0 bridgehead atoms. The average Bonchev–Trinajstić information content (AvgIpc) is 2.79. The summed E-state index contributed by atoms with van der Waals surface area (Å²) in [5.41, 5.74) is 0.879. The van der Waals surface area contributed by atoms with Gasteiger partial charge in [0.1, 0.15) is 4.88 Å². The highest BCUT2D eigenvalue weighted by atomic mass is 32.1. The predicted octanol–water partition coefficient (Wildman–Crippen LogP) is 4.20. The monoisotopic (exact) mass is 321 g/mol. The third kappa shape index (κ3) is 4.20. The highest BCUT2D eigenvalue weighted by Gasteiger charge is 2.36. The molecule has 120 valence electrons. The first-order chi connectivity index (χ1) is 9.81. The molecule has 0 radical (unpaired) electrons. The van der Waals surface area contributed by atoms with Crippen molar-refractivity contribution in [2.45, 2.75) is 57.3 Å². The van der Waals surface area contributed by atoms with Crippen LogP contribution in [0.4, 0.5) is 13.2 Å². The van der Waals surface area contributed by atoms with E-state index in [1.54, 1.807) is 7.11 Å². The molecule has 2 rings (SSSR count). The number of nitrogens with one attached hydrogen (secondary N) is 1. The Hall–Kier alpha value is -0.590. The second kappa shape index (κ2) is 6.67. The van der Waals surface area contributed by atoms with Gasteiger partial charge in [-0.25, -0.2) is 0 Å². The number of methoxy groups -OCH3 is 1. The summed E-state index contributed by atoms with van der Waals surface area (Å²) in [7, 11) is 1.58. The lowest BCUT2D eigenvalue weighted by Gasteiger charge is -2.33. The van der Waals surface area contributed by atoms with Gasteiger partial charge in [0, 0.05) is 30.5 Å². The maximum Gasteiger partial charge on any atom is 0.425 e. The van der Waals surface area contributed by atoms with Crippen molar-refractivity contribution in [1.82, 2.24) is 5.32 Å². The molecule has 1 aliphatic heterocycles. The van der Waals surface area contributed by atoms with Gasteiger partial charge in [-0.2, -0.15) is 13.2 Å². The van der Waals surface area contributed by atoms with Crippen LogP contribution in [0.3, 0.4) is 0 Å². The first kappa shape index (κ1) is 16.8. The van der Waals surface area contributed by atoms with Crippen molar-refractivity contribution in [3.8, 4) is 0 Å². The standard InChI is InChI=1S/C15H22F3NOS/c1-9-6-11(7-10(2)19-9)12-8-14(15(16,17)18)21-13(12)4-5-20-3/h8-11,19H,4-7H2,1-3H3. The van der Waals surface area contributed by atoms with E-state index in [0.717, 1.165) is 34.6 Å². The summed E-state index contributed by atoms with van der Waals surface area (Å²) in [4.78, 5) is 0.345. The van der Waals surface area contributed by atoms with Crippen molar-refractivity contribution in [2.24, 2.45) is 0 Å². The lowest BCUT2D eigenvalue weighted by atomic mass is 9.83. The summed E-state index contributed by atoms with van der Waals surface area (Å²) in [5.74, 6) is 0.204. The van der Waals surface area contributed by atoms with Crippen LogP contribution in [0.5, 0.6) is 0 Å². The lowest BCUT2D eigenvalue weighted by molar-refractivity contribution is -0.134. The highest BCUT2D eigenvalue weighted by molar-refractivity contribution is 7.12. The van der Waals surface area contributed by atoms with Gasteiger partial charge in [0.2, 0.25) is 0 Å². The van der Waals surface area contributed by atoms with Gasteiger partial charge in [0.25, 0.3) is 0 Å². The van der Waals surface area contributed by atoms with E-state index in [4.69, 9.17) is 4.74 Å². The first-order valence-electron chi connectivity index (χ1n) is 7.26. The Morgan fingerprint density at radius 1 is 1.29 bits per heavy atom. The molecule has 1 N–H and O–H groups in total. The molecule has 6 heteroatoms. The van der Waals surface area contributed by atoms with Crippen LogP contribution in [-0.4, -0.2) is 25.8 Å². The summed E-state index contributed by atoms with van der Waals surface area (Å²) in [5, 5.41) is 3.44. The van der Waals surface area contributed by atoms with Crippen molar-refractivity contribution < 1.29 is 17.9 Å². The second-order valence-electron chi connectivity index (χ2n) is 5.87. The van der Waals surface area contributed by atoms with Gasteiger partial charge in [-0.3, -0.25) is 0 Å². The zero-order chi connectivity index (χ0) is 15.6. The molecule has 0 aromatic carbocycles. The number of ether oxygens (including phenoxy) is 1. The number of hydrogen-bond donors (Lipinski definition) is 1. The number of thiophene rings is 1. The van der Waals surface area contributed by atoms with Crippen LogP contribution >= 0.6 is 11.3 Å². The summed E-state index contributed by atoms with van der Waals surface area (Å²) in [6.45, 7) is 4.64. The number of rotatable bonds is 4. The minimum Gasteiger partial charge on any atom is -0.384 e. The van der Waals surface area contributed by atoms with E-state index in [1.165, 1.54) is 6.07 Å². The second-order valence-corrected chi connectivity index (χ2v) is 7.00. The Kier molecular flexibility index (Phi) is 5.33. The summed E-state index contributed by atoms with van der Waals surface area (Å²) >= 11 is 0.877. The summed E-state index contributed by atoms with van der Waals surface area (Å²) in [6, 6.07) is 2.04. The molecule has 1 saturated heterocycles. The van der Waals surface area contributed by atoms with Gasteiger partial charge in [0.15, 0.2) is 0 Å². The molecular formula is C15H22F3NOS. The average molecular weight is 321 g/mol. The van der Waals surface area contributed by atoms with Crippen LogP contribution in [0, 0.1) is 0 Å². The summed E-state index contributed by atoms with van der Waals surface area (Å²) in [6.07, 6.45) is -1.93. The summed E-state index contributed by atoms with van der Waals surface area (Å²) < 4.78 is 44.0. The molecule has 1 aromatic heterocycles. The van der Waals surface area contributed by atoms with Gasteiger partial charge in [-0.05, 0) is 44.2 Å². The largest absolute Gasteiger partial charge is 0.425 e. The minimum absolute atomic E-state index is 0.204. The van der Waals surface area contributed by atoms with Gasteiger partial charge in [-0.15, -0.1) is 11.3 Å². The molecule has 2 atom stereocenters. The van der Waals surface area contributed by atoms with Crippen LogP contribution in [-0.2, 0) is 17.3 Å². The molecule has 21 heavy (non-hydrogen) atoms. The van der Waals surface area contributed by atoms with E-state index in [0.29, 0.717) is 25.1 Å². The SMILES string of the molecule is COCCc1sc(C(F)(F)F)cc1C1CC(C)NC(C)C1. The number of halogens is 3. The smallest absolute Gasteiger partial charge is 0.384 e. The van der Waals surface area contributed by atoms with Crippen molar-refractivity contribution in [1.29, 1.82) is 0 Å². The van der Waals surface area contributed by atoms with Gasteiger partial charge in [-0.1, -0.05) is 0 Å². The van der Waals surface area contributed by atoms with Crippen molar-refractivity contribution in [3.05, 3.63) is 21.4 Å².